The Hall–Kier alpha value is -2.50. The smallest absolute Gasteiger partial charge is 0.226 e. The van der Waals surface area contributed by atoms with Crippen molar-refractivity contribution in [1.82, 2.24) is 0 Å². The van der Waals surface area contributed by atoms with E-state index < -0.39 is 23.2 Å². The Morgan fingerprint density at radius 2 is 1.57 bits per heavy atom. The van der Waals surface area contributed by atoms with E-state index >= 15 is 0 Å². The summed E-state index contributed by atoms with van der Waals surface area (Å²) in [6.07, 6.45) is 0.0190. The average molecular weight is 294 g/mol. The summed E-state index contributed by atoms with van der Waals surface area (Å²) in [7, 11) is 0. The number of amides is 1. The number of carbonyl (C=O) groups excluding carboxylic acids is 1. The molecule has 0 bridgehead atoms. The van der Waals surface area contributed by atoms with Crippen LogP contribution in [0.15, 0.2) is 42.5 Å². The molecule has 0 aromatic heterocycles. The van der Waals surface area contributed by atoms with Crippen molar-refractivity contribution in [3.63, 3.8) is 0 Å². The van der Waals surface area contributed by atoms with Gasteiger partial charge < -0.3 is 10.6 Å². The molecule has 2 rings (SSSR count). The van der Waals surface area contributed by atoms with Gasteiger partial charge in [0.15, 0.2) is 0 Å². The molecule has 2 aromatic rings. The van der Waals surface area contributed by atoms with Crippen molar-refractivity contribution in [3.8, 4) is 0 Å². The molecule has 2 N–H and O–H groups in total. The van der Waals surface area contributed by atoms with Crippen LogP contribution in [0.1, 0.15) is 6.42 Å². The molecule has 3 nitrogen and oxygen atoms in total. The van der Waals surface area contributed by atoms with E-state index in [2.05, 4.69) is 10.6 Å². The molecule has 0 spiro atoms. The van der Waals surface area contributed by atoms with Gasteiger partial charge in [-0.15, -0.1) is 0 Å². The molecule has 110 valence electrons. The van der Waals surface area contributed by atoms with E-state index in [1.165, 1.54) is 30.3 Å². The fourth-order valence-corrected chi connectivity index (χ4v) is 1.71. The zero-order valence-corrected chi connectivity index (χ0v) is 11.0. The highest BCUT2D eigenvalue weighted by molar-refractivity contribution is 5.91. The quantitative estimate of drug-likeness (QED) is 0.885. The fourth-order valence-electron chi connectivity index (χ4n) is 1.71. The molecule has 2 aromatic carbocycles. The average Bonchev–Trinajstić information content (AvgIpc) is 2.45. The lowest BCUT2D eigenvalue weighted by Crippen LogP contribution is -2.17. The highest BCUT2D eigenvalue weighted by Crippen LogP contribution is 2.18. The number of benzene rings is 2. The lowest BCUT2D eigenvalue weighted by molar-refractivity contribution is -0.116. The van der Waals surface area contributed by atoms with Gasteiger partial charge in [-0.25, -0.2) is 13.2 Å². The Balaban J connectivity index is 1.84. The van der Waals surface area contributed by atoms with E-state index in [1.54, 1.807) is 0 Å². The minimum Gasteiger partial charge on any atom is -0.385 e. The van der Waals surface area contributed by atoms with E-state index in [0.29, 0.717) is 5.69 Å². The molecule has 21 heavy (non-hydrogen) atoms. The summed E-state index contributed by atoms with van der Waals surface area (Å²) >= 11 is 0. The Kier molecular flexibility index (Phi) is 4.81. The van der Waals surface area contributed by atoms with Crippen LogP contribution in [0.4, 0.5) is 24.5 Å². The minimum absolute atomic E-state index is 0.0190. The van der Waals surface area contributed by atoms with Crippen molar-refractivity contribution in [2.24, 2.45) is 0 Å². The maximum Gasteiger partial charge on any atom is 0.226 e. The van der Waals surface area contributed by atoms with E-state index in [0.717, 1.165) is 12.1 Å². The number of anilines is 2. The lowest BCUT2D eigenvalue weighted by atomic mass is 10.2. The third kappa shape index (κ3) is 4.24. The summed E-state index contributed by atoms with van der Waals surface area (Å²) in [5.41, 5.74) is 0.200. The van der Waals surface area contributed by atoms with Crippen LogP contribution in [0.2, 0.25) is 0 Å². The SMILES string of the molecule is O=C(CCNc1ccc(F)cc1)Nc1c(F)cccc1F. The van der Waals surface area contributed by atoms with Gasteiger partial charge >= 0.3 is 0 Å². The Labute approximate surface area is 119 Å². The highest BCUT2D eigenvalue weighted by atomic mass is 19.1. The van der Waals surface area contributed by atoms with Gasteiger partial charge in [-0.1, -0.05) is 6.07 Å². The van der Waals surface area contributed by atoms with Gasteiger partial charge in [-0.05, 0) is 36.4 Å². The van der Waals surface area contributed by atoms with Crippen LogP contribution >= 0.6 is 0 Å². The van der Waals surface area contributed by atoms with Crippen LogP contribution in [0.5, 0.6) is 0 Å². The van der Waals surface area contributed by atoms with Crippen molar-refractivity contribution in [3.05, 3.63) is 59.9 Å². The first kappa shape index (κ1) is 14.9. The lowest BCUT2D eigenvalue weighted by Gasteiger charge is -2.09. The predicted octanol–water partition coefficient (Wildman–Crippen LogP) is 3.54. The number of hydrogen-bond acceptors (Lipinski definition) is 2. The molecule has 0 saturated carbocycles. The molecule has 0 unspecified atom stereocenters. The molecule has 0 aliphatic heterocycles. The van der Waals surface area contributed by atoms with Gasteiger partial charge in [-0.2, -0.15) is 0 Å². The monoisotopic (exact) mass is 294 g/mol. The van der Waals surface area contributed by atoms with E-state index in [4.69, 9.17) is 0 Å². The number of nitrogens with one attached hydrogen (secondary N) is 2. The number of hydrogen-bond donors (Lipinski definition) is 2. The van der Waals surface area contributed by atoms with Gasteiger partial charge in [0.2, 0.25) is 5.91 Å². The normalized spacial score (nSPS) is 10.2. The largest absolute Gasteiger partial charge is 0.385 e. The van der Waals surface area contributed by atoms with Crippen molar-refractivity contribution in [2.45, 2.75) is 6.42 Å². The standard InChI is InChI=1S/C15H13F3N2O/c16-10-4-6-11(7-5-10)19-9-8-14(21)20-15-12(17)2-1-3-13(15)18/h1-7,19H,8-9H2,(H,20,21). The van der Waals surface area contributed by atoms with Crippen molar-refractivity contribution < 1.29 is 18.0 Å². The summed E-state index contributed by atoms with van der Waals surface area (Å²) < 4.78 is 39.4. The molecular formula is C15H13F3N2O. The summed E-state index contributed by atoms with van der Waals surface area (Å²) in [6.45, 7) is 0.257. The molecule has 0 atom stereocenters. The van der Waals surface area contributed by atoms with Gasteiger partial charge in [0.1, 0.15) is 23.1 Å². The molecule has 6 heteroatoms. The first-order chi connectivity index (χ1) is 10.1. The molecule has 0 aliphatic rings. The summed E-state index contributed by atoms with van der Waals surface area (Å²) in [5.74, 6) is -2.52. The van der Waals surface area contributed by atoms with Gasteiger partial charge in [0, 0.05) is 18.7 Å². The molecule has 0 aliphatic carbocycles. The Bertz CT molecular complexity index is 609. The second-order valence-electron chi connectivity index (χ2n) is 4.33. The van der Waals surface area contributed by atoms with Gasteiger partial charge in [0.25, 0.3) is 0 Å². The van der Waals surface area contributed by atoms with Crippen molar-refractivity contribution >= 4 is 17.3 Å². The number of para-hydroxylation sites is 1. The topological polar surface area (TPSA) is 41.1 Å². The second-order valence-corrected chi connectivity index (χ2v) is 4.33. The first-order valence-corrected chi connectivity index (χ1v) is 6.29. The maximum atomic E-state index is 13.3. The van der Waals surface area contributed by atoms with Crippen LogP contribution in [0, 0.1) is 17.5 Å². The minimum atomic E-state index is -0.824. The zero-order chi connectivity index (χ0) is 15.2. The number of carbonyl (C=O) groups is 1. The molecular weight excluding hydrogens is 281 g/mol. The first-order valence-electron chi connectivity index (χ1n) is 6.29. The zero-order valence-electron chi connectivity index (χ0n) is 11.0. The summed E-state index contributed by atoms with van der Waals surface area (Å²) in [5, 5.41) is 5.09. The molecule has 0 fully saturated rings. The molecule has 0 radical (unpaired) electrons. The maximum absolute atomic E-state index is 13.3. The summed E-state index contributed by atoms with van der Waals surface area (Å²) in [6, 6.07) is 8.99. The third-order valence-electron chi connectivity index (χ3n) is 2.75. The van der Waals surface area contributed by atoms with Crippen LogP contribution in [0.3, 0.4) is 0 Å². The van der Waals surface area contributed by atoms with Crippen LogP contribution in [-0.4, -0.2) is 12.5 Å². The van der Waals surface area contributed by atoms with Crippen LogP contribution < -0.4 is 10.6 Å². The Morgan fingerprint density at radius 1 is 0.952 bits per heavy atom. The van der Waals surface area contributed by atoms with E-state index in [9.17, 15) is 18.0 Å². The van der Waals surface area contributed by atoms with Gasteiger partial charge in [-0.3, -0.25) is 4.79 Å². The number of halogens is 3. The van der Waals surface area contributed by atoms with E-state index in [1.807, 2.05) is 0 Å². The molecule has 0 heterocycles. The van der Waals surface area contributed by atoms with Gasteiger partial charge in [0.05, 0.1) is 0 Å². The Morgan fingerprint density at radius 3 is 2.19 bits per heavy atom. The van der Waals surface area contributed by atoms with Crippen molar-refractivity contribution in [1.29, 1.82) is 0 Å². The van der Waals surface area contributed by atoms with Crippen LogP contribution in [-0.2, 0) is 4.79 Å². The predicted molar refractivity (Wildman–Crippen MR) is 74.5 cm³/mol. The van der Waals surface area contributed by atoms with E-state index in [-0.39, 0.29) is 18.8 Å². The van der Waals surface area contributed by atoms with Crippen LogP contribution in [0.25, 0.3) is 0 Å². The summed E-state index contributed by atoms with van der Waals surface area (Å²) in [4.78, 5) is 11.6. The highest BCUT2D eigenvalue weighted by Gasteiger charge is 2.11. The van der Waals surface area contributed by atoms with Crippen molar-refractivity contribution in [2.75, 3.05) is 17.2 Å². The molecule has 1 amide bonds. The fraction of sp³-hybridized carbons (Fsp3) is 0.133. The number of rotatable bonds is 5. The second kappa shape index (κ2) is 6.78. The third-order valence-corrected chi connectivity index (χ3v) is 2.75. The molecule has 0 saturated heterocycles.